The Labute approximate surface area is 108 Å². The number of carbonyl (C=O) groups is 1. The van der Waals surface area contributed by atoms with Crippen LogP contribution in [0.15, 0.2) is 30.3 Å². The van der Waals surface area contributed by atoms with Gasteiger partial charge in [0, 0.05) is 6.04 Å². The van der Waals surface area contributed by atoms with Gasteiger partial charge in [0.15, 0.2) is 0 Å². The molecule has 1 aliphatic rings. The summed E-state index contributed by atoms with van der Waals surface area (Å²) in [6.07, 6.45) is 4.99. The molecular formula is C15H21NO2. The summed E-state index contributed by atoms with van der Waals surface area (Å²) in [6, 6.07) is 9.07. The summed E-state index contributed by atoms with van der Waals surface area (Å²) in [5.74, 6) is -0.179. The zero-order valence-electron chi connectivity index (χ0n) is 10.8. The first-order valence-electron chi connectivity index (χ1n) is 6.72. The molecule has 0 heterocycles. The minimum atomic E-state index is -0.800. The fourth-order valence-electron chi connectivity index (χ4n) is 2.81. The number of hydrogen-bond donors (Lipinski definition) is 2. The maximum absolute atomic E-state index is 11.4. The molecule has 0 amide bonds. The summed E-state index contributed by atoms with van der Waals surface area (Å²) in [4.78, 5) is 11.4. The smallest absolute Gasteiger partial charge is 0.325 e. The van der Waals surface area contributed by atoms with Crippen molar-refractivity contribution in [3.63, 3.8) is 0 Å². The van der Waals surface area contributed by atoms with Crippen LogP contribution in [0.25, 0.3) is 0 Å². The maximum atomic E-state index is 11.4. The number of carboxylic acids is 1. The second-order valence-electron chi connectivity index (χ2n) is 5.18. The Bertz CT molecular complexity index is 385. The van der Waals surface area contributed by atoms with Crippen LogP contribution >= 0.6 is 0 Å². The molecule has 0 spiro atoms. The van der Waals surface area contributed by atoms with Crippen molar-refractivity contribution in [3.05, 3.63) is 35.9 Å². The third-order valence-corrected chi connectivity index (χ3v) is 3.92. The molecule has 0 aliphatic heterocycles. The Balaban J connectivity index is 2.04. The fraction of sp³-hybridized carbons (Fsp3) is 0.533. The highest BCUT2D eigenvalue weighted by Gasteiger charge is 2.27. The van der Waals surface area contributed by atoms with Crippen LogP contribution in [-0.2, 0) is 4.79 Å². The molecule has 18 heavy (non-hydrogen) atoms. The van der Waals surface area contributed by atoms with E-state index in [0.29, 0.717) is 5.92 Å². The Hall–Kier alpha value is -1.35. The molecule has 1 unspecified atom stereocenters. The molecule has 0 bridgehead atoms. The van der Waals surface area contributed by atoms with Crippen molar-refractivity contribution >= 4 is 5.97 Å². The summed E-state index contributed by atoms with van der Waals surface area (Å²) < 4.78 is 0. The van der Waals surface area contributed by atoms with Crippen molar-refractivity contribution in [1.82, 2.24) is 5.32 Å². The van der Waals surface area contributed by atoms with Gasteiger partial charge in [0.1, 0.15) is 6.04 Å². The molecule has 1 aromatic carbocycles. The van der Waals surface area contributed by atoms with E-state index in [4.69, 9.17) is 0 Å². The van der Waals surface area contributed by atoms with E-state index in [1.165, 1.54) is 25.7 Å². The van der Waals surface area contributed by atoms with E-state index < -0.39 is 12.0 Å². The summed E-state index contributed by atoms with van der Waals surface area (Å²) in [5, 5.41) is 12.6. The maximum Gasteiger partial charge on any atom is 0.325 e. The molecule has 3 heteroatoms. The average molecular weight is 247 g/mol. The quantitative estimate of drug-likeness (QED) is 0.841. The molecule has 1 fully saturated rings. The highest BCUT2D eigenvalue weighted by Crippen LogP contribution is 2.28. The molecular weight excluding hydrogens is 226 g/mol. The predicted octanol–water partition coefficient (Wildman–Crippen LogP) is 2.98. The molecule has 0 saturated heterocycles. The largest absolute Gasteiger partial charge is 0.480 e. The number of nitrogens with one attached hydrogen (secondary N) is 1. The van der Waals surface area contributed by atoms with Crippen LogP contribution < -0.4 is 5.32 Å². The lowest BCUT2D eigenvalue weighted by Crippen LogP contribution is -2.39. The van der Waals surface area contributed by atoms with E-state index in [0.717, 1.165) is 5.56 Å². The van der Waals surface area contributed by atoms with Gasteiger partial charge >= 0.3 is 5.97 Å². The lowest BCUT2D eigenvalue weighted by molar-refractivity contribution is -0.140. The van der Waals surface area contributed by atoms with Gasteiger partial charge < -0.3 is 5.11 Å². The Morgan fingerprint density at radius 1 is 1.28 bits per heavy atom. The van der Waals surface area contributed by atoms with Gasteiger partial charge in [0.2, 0.25) is 0 Å². The Morgan fingerprint density at radius 2 is 1.89 bits per heavy atom. The third-order valence-electron chi connectivity index (χ3n) is 3.92. The van der Waals surface area contributed by atoms with E-state index in [2.05, 4.69) is 12.2 Å². The minimum Gasteiger partial charge on any atom is -0.480 e. The van der Waals surface area contributed by atoms with Gasteiger partial charge in [0.25, 0.3) is 0 Å². The molecule has 2 N–H and O–H groups in total. The van der Waals surface area contributed by atoms with Crippen molar-refractivity contribution in [2.75, 3.05) is 0 Å². The molecule has 2 atom stereocenters. The second-order valence-corrected chi connectivity index (χ2v) is 5.18. The SMILES string of the molecule is C[C@@H](NC(C(=O)O)c1ccccc1)C1CCCC1. The first-order chi connectivity index (χ1) is 8.68. The Morgan fingerprint density at radius 3 is 2.44 bits per heavy atom. The lowest BCUT2D eigenvalue weighted by Gasteiger charge is -2.25. The first-order valence-corrected chi connectivity index (χ1v) is 6.72. The van der Waals surface area contributed by atoms with E-state index in [9.17, 15) is 9.90 Å². The summed E-state index contributed by atoms with van der Waals surface area (Å²) in [5.41, 5.74) is 0.829. The molecule has 0 aromatic heterocycles. The van der Waals surface area contributed by atoms with E-state index in [-0.39, 0.29) is 6.04 Å². The number of rotatable bonds is 5. The average Bonchev–Trinajstić information content (AvgIpc) is 2.90. The normalized spacial score (nSPS) is 19.6. The molecule has 1 aliphatic carbocycles. The topological polar surface area (TPSA) is 49.3 Å². The van der Waals surface area contributed by atoms with Crippen LogP contribution in [0.5, 0.6) is 0 Å². The fourth-order valence-corrected chi connectivity index (χ4v) is 2.81. The molecule has 3 nitrogen and oxygen atoms in total. The van der Waals surface area contributed by atoms with Crippen LogP contribution in [0.3, 0.4) is 0 Å². The molecule has 2 rings (SSSR count). The van der Waals surface area contributed by atoms with Crippen LogP contribution in [0.1, 0.15) is 44.2 Å². The van der Waals surface area contributed by atoms with Crippen LogP contribution in [-0.4, -0.2) is 17.1 Å². The van der Waals surface area contributed by atoms with Gasteiger partial charge in [-0.05, 0) is 31.2 Å². The van der Waals surface area contributed by atoms with E-state index in [1.807, 2.05) is 30.3 Å². The van der Waals surface area contributed by atoms with Crippen LogP contribution in [0.4, 0.5) is 0 Å². The standard InChI is InChI=1S/C15H21NO2/c1-11(12-7-5-6-8-12)16-14(15(17)18)13-9-3-2-4-10-13/h2-4,9-12,14,16H,5-8H2,1H3,(H,17,18)/t11-,14?/m1/s1. The molecule has 1 aromatic rings. The van der Waals surface area contributed by atoms with Crippen molar-refractivity contribution in [3.8, 4) is 0 Å². The number of aliphatic carboxylic acids is 1. The van der Waals surface area contributed by atoms with E-state index >= 15 is 0 Å². The van der Waals surface area contributed by atoms with E-state index in [1.54, 1.807) is 0 Å². The summed E-state index contributed by atoms with van der Waals surface area (Å²) in [6.45, 7) is 2.11. The summed E-state index contributed by atoms with van der Waals surface area (Å²) in [7, 11) is 0. The van der Waals surface area contributed by atoms with Gasteiger partial charge in [-0.15, -0.1) is 0 Å². The molecule has 1 saturated carbocycles. The zero-order valence-corrected chi connectivity index (χ0v) is 10.8. The Kier molecular flexibility index (Phi) is 4.37. The number of benzene rings is 1. The van der Waals surface area contributed by atoms with Crippen LogP contribution in [0.2, 0.25) is 0 Å². The lowest BCUT2D eigenvalue weighted by atomic mass is 9.97. The molecule has 0 radical (unpaired) electrons. The third kappa shape index (κ3) is 3.10. The van der Waals surface area contributed by atoms with Gasteiger partial charge in [0.05, 0.1) is 0 Å². The highest BCUT2D eigenvalue weighted by atomic mass is 16.4. The molecule has 98 valence electrons. The van der Waals surface area contributed by atoms with Gasteiger partial charge in [-0.2, -0.15) is 0 Å². The monoisotopic (exact) mass is 247 g/mol. The predicted molar refractivity (Wildman–Crippen MR) is 71.4 cm³/mol. The van der Waals surface area contributed by atoms with Crippen molar-refractivity contribution in [2.45, 2.75) is 44.7 Å². The number of carboxylic acid groups (broad SMARTS) is 1. The van der Waals surface area contributed by atoms with Crippen molar-refractivity contribution in [2.24, 2.45) is 5.92 Å². The minimum absolute atomic E-state index is 0.258. The highest BCUT2D eigenvalue weighted by molar-refractivity contribution is 5.75. The van der Waals surface area contributed by atoms with Crippen LogP contribution in [0, 0.1) is 5.92 Å². The second kappa shape index (κ2) is 6.01. The van der Waals surface area contributed by atoms with Gasteiger partial charge in [-0.25, -0.2) is 0 Å². The van der Waals surface area contributed by atoms with Gasteiger partial charge in [-0.3, -0.25) is 10.1 Å². The van der Waals surface area contributed by atoms with Crippen molar-refractivity contribution in [1.29, 1.82) is 0 Å². The number of hydrogen-bond acceptors (Lipinski definition) is 2. The first kappa shape index (κ1) is 13.1. The van der Waals surface area contributed by atoms with Crippen molar-refractivity contribution < 1.29 is 9.90 Å². The zero-order chi connectivity index (χ0) is 13.0. The van der Waals surface area contributed by atoms with Gasteiger partial charge in [-0.1, -0.05) is 43.2 Å². The summed E-state index contributed by atoms with van der Waals surface area (Å²) >= 11 is 0.